The van der Waals surface area contributed by atoms with E-state index < -0.39 is 6.04 Å². The molecule has 2 atom stereocenters. The van der Waals surface area contributed by atoms with Gasteiger partial charge in [-0.1, -0.05) is 52.8 Å². The molecule has 1 N–H and O–H groups in total. The van der Waals surface area contributed by atoms with Crippen molar-refractivity contribution in [2.45, 2.75) is 53.0 Å². The monoisotopic (exact) mass is 362 g/mol. The van der Waals surface area contributed by atoms with E-state index in [1.54, 1.807) is 11.8 Å². The fourth-order valence-corrected chi connectivity index (χ4v) is 4.58. The molecule has 1 aromatic carbocycles. The Kier molecular flexibility index (Phi) is 6.20. The average molecular weight is 363 g/mol. The van der Waals surface area contributed by atoms with E-state index in [4.69, 9.17) is 0 Å². The van der Waals surface area contributed by atoms with Crippen LogP contribution >= 0.6 is 11.8 Å². The molecule has 1 fully saturated rings. The molecule has 2 rings (SSSR count). The fraction of sp³-hybridized carbons (Fsp3) is 0.600. The molecule has 4 nitrogen and oxygen atoms in total. The third-order valence-electron chi connectivity index (χ3n) is 4.34. The van der Waals surface area contributed by atoms with Gasteiger partial charge in [0.15, 0.2) is 0 Å². The number of aryl methyl sites for hydroxylation is 1. The lowest BCUT2D eigenvalue weighted by Crippen LogP contribution is -2.53. The van der Waals surface area contributed by atoms with Crippen molar-refractivity contribution in [2.24, 2.45) is 11.3 Å². The Morgan fingerprint density at radius 2 is 1.92 bits per heavy atom. The van der Waals surface area contributed by atoms with Crippen LogP contribution < -0.4 is 5.32 Å². The lowest BCUT2D eigenvalue weighted by atomic mass is 9.94. The third-order valence-corrected chi connectivity index (χ3v) is 6.10. The SMILES string of the molecule is Cc1ccccc1C(=O)N1C(C(=O)NCC(C)C)CSC1C(C)(C)C. The molecule has 1 heterocycles. The molecule has 5 heteroatoms. The molecule has 0 spiro atoms. The van der Waals surface area contributed by atoms with Gasteiger partial charge in [-0.25, -0.2) is 0 Å². The van der Waals surface area contributed by atoms with E-state index in [9.17, 15) is 9.59 Å². The molecule has 0 radical (unpaired) electrons. The first-order valence-electron chi connectivity index (χ1n) is 8.90. The Balaban J connectivity index is 2.32. The second-order valence-corrected chi connectivity index (χ2v) is 9.35. The molecule has 2 amide bonds. The van der Waals surface area contributed by atoms with Gasteiger partial charge >= 0.3 is 0 Å². The first-order valence-corrected chi connectivity index (χ1v) is 9.95. The van der Waals surface area contributed by atoms with Crippen LogP contribution in [0, 0.1) is 18.3 Å². The first kappa shape index (κ1) is 19.8. The highest BCUT2D eigenvalue weighted by Crippen LogP contribution is 2.41. The summed E-state index contributed by atoms with van der Waals surface area (Å²) in [5.41, 5.74) is 1.52. The summed E-state index contributed by atoms with van der Waals surface area (Å²) in [6.07, 6.45) is 0. The van der Waals surface area contributed by atoms with Crippen molar-refractivity contribution in [3.8, 4) is 0 Å². The van der Waals surface area contributed by atoms with Crippen LogP contribution in [-0.4, -0.2) is 40.4 Å². The largest absolute Gasteiger partial charge is 0.354 e. The molecule has 1 aromatic rings. The van der Waals surface area contributed by atoms with Gasteiger partial charge in [0.1, 0.15) is 6.04 Å². The molecule has 138 valence electrons. The van der Waals surface area contributed by atoms with Gasteiger partial charge in [0.2, 0.25) is 5.91 Å². The van der Waals surface area contributed by atoms with Gasteiger partial charge in [-0.15, -0.1) is 11.8 Å². The molecule has 0 aliphatic carbocycles. The molecule has 1 saturated heterocycles. The second kappa shape index (κ2) is 7.81. The minimum atomic E-state index is -0.417. The van der Waals surface area contributed by atoms with Crippen molar-refractivity contribution in [2.75, 3.05) is 12.3 Å². The number of carbonyl (C=O) groups is 2. The predicted octanol–water partition coefficient (Wildman–Crippen LogP) is 3.70. The van der Waals surface area contributed by atoms with Gasteiger partial charge in [0.05, 0.1) is 5.37 Å². The fourth-order valence-electron chi connectivity index (χ4n) is 3.00. The summed E-state index contributed by atoms with van der Waals surface area (Å²) < 4.78 is 0. The van der Waals surface area contributed by atoms with Gasteiger partial charge in [-0.2, -0.15) is 0 Å². The maximum absolute atomic E-state index is 13.3. The van der Waals surface area contributed by atoms with Gasteiger partial charge < -0.3 is 10.2 Å². The summed E-state index contributed by atoms with van der Waals surface area (Å²) in [7, 11) is 0. The van der Waals surface area contributed by atoms with Crippen LogP contribution in [-0.2, 0) is 4.79 Å². The van der Waals surface area contributed by atoms with Gasteiger partial charge in [-0.05, 0) is 29.9 Å². The van der Waals surface area contributed by atoms with Gasteiger partial charge in [-0.3, -0.25) is 9.59 Å². The standard InChI is InChI=1S/C20H30N2O2S/c1-13(2)11-21-17(23)16-12-25-19(20(4,5)6)22(16)18(24)15-10-8-7-9-14(15)3/h7-10,13,16,19H,11-12H2,1-6H3,(H,21,23). The van der Waals surface area contributed by atoms with Crippen molar-refractivity contribution < 1.29 is 9.59 Å². The van der Waals surface area contributed by atoms with Crippen molar-refractivity contribution in [3.63, 3.8) is 0 Å². The van der Waals surface area contributed by atoms with Crippen LogP contribution in [0.2, 0.25) is 0 Å². The second-order valence-electron chi connectivity index (χ2n) is 8.23. The van der Waals surface area contributed by atoms with E-state index in [1.807, 2.05) is 36.1 Å². The third kappa shape index (κ3) is 4.57. The van der Waals surface area contributed by atoms with Crippen LogP contribution in [0.3, 0.4) is 0 Å². The number of nitrogens with zero attached hydrogens (tertiary/aromatic N) is 1. The highest BCUT2D eigenvalue weighted by atomic mass is 32.2. The summed E-state index contributed by atoms with van der Waals surface area (Å²) in [6, 6.07) is 7.18. The minimum absolute atomic E-state index is 0.0191. The zero-order valence-electron chi connectivity index (χ0n) is 16.1. The molecule has 25 heavy (non-hydrogen) atoms. The van der Waals surface area contributed by atoms with E-state index in [0.29, 0.717) is 23.8 Å². The minimum Gasteiger partial charge on any atom is -0.354 e. The topological polar surface area (TPSA) is 49.4 Å². The van der Waals surface area contributed by atoms with Crippen molar-refractivity contribution in [1.29, 1.82) is 0 Å². The van der Waals surface area contributed by atoms with Crippen molar-refractivity contribution >= 4 is 23.6 Å². The van der Waals surface area contributed by atoms with Crippen molar-refractivity contribution in [3.05, 3.63) is 35.4 Å². The number of hydrogen-bond acceptors (Lipinski definition) is 3. The first-order chi connectivity index (χ1) is 11.6. The van der Waals surface area contributed by atoms with Crippen LogP contribution in [0.15, 0.2) is 24.3 Å². The van der Waals surface area contributed by atoms with E-state index in [0.717, 1.165) is 5.56 Å². The number of nitrogens with one attached hydrogen (secondary N) is 1. The molecule has 2 unspecified atom stereocenters. The maximum Gasteiger partial charge on any atom is 0.255 e. The molecular weight excluding hydrogens is 332 g/mol. The van der Waals surface area contributed by atoms with E-state index in [-0.39, 0.29) is 22.6 Å². The Morgan fingerprint density at radius 3 is 2.48 bits per heavy atom. The summed E-state index contributed by atoms with van der Waals surface area (Å²) in [4.78, 5) is 27.9. The number of benzene rings is 1. The van der Waals surface area contributed by atoms with Crippen molar-refractivity contribution in [1.82, 2.24) is 10.2 Å². The summed E-state index contributed by atoms with van der Waals surface area (Å²) in [6.45, 7) is 13.1. The summed E-state index contributed by atoms with van der Waals surface area (Å²) in [5.74, 6) is 0.934. The molecule has 1 aliphatic rings. The van der Waals surface area contributed by atoms with Crippen LogP contribution in [0.4, 0.5) is 0 Å². The number of hydrogen-bond donors (Lipinski definition) is 1. The predicted molar refractivity (Wildman–Crippen MR) is 105 cm³/mol. The zero-order valence-corrected chi connectivity index (χ0v) is 16.9. The Morgan fingerprint density at radius 1 is 1.28 bits per heavy atom. The highest BCUT2D eigenvalue weighted by molar-refractivity contribution is 8.00. The van der Waals surface area contributed by atoms with E-state index >= 15 is 0 Å². The van der Waals surface area contributed by atoms with E-state index in [1.165, 1.54) is 0 Å². The number of carbonyl (C=O) groups excluding carboxylic acids is 2. The molecule has 0 saturated carbocycles. The maximum atomic E-state index is 13.3. The van der Waals surface area contributed by atoms with Gasteiger partial charge in [0.25, 0.3) is 5.91 Å². The Labute approximate surface area is 155 Å². The molecular formula is C20H30N2O2S. The smallest absolute Gasteiger partial charge is 0.255 e. The highest BCUT2D eigenvalue weighted by Gasteiger charge is 2.46. The molecule has 0 bridgehead atoms. The van der Waals surface area contributed by atoms with E-state index in [2.05, 4.69) is 39.9 Å². The molecule has 1 aliphatic heterocycles. The average Bonchev–Trinajstić information content (AvgIpc) is 2.97. The summed E-state index contributed by atoms with van der Waals surface area (Å²) in [5, 5.41) is 2.98. The Bertz CT molecular complexity index is 637. The van der Waals surface area contributed by atoms with Crippen LogP contribution in [0.1, 0.15) is 50.5 Å². The Hall–Kier alpha value is -1.49. The number of thioether (sulfide) groups is 1. The summed E-state index contributed by atoms with van der Waals surface area (Å²) >= 11 is 1.70. The number of rotatable bonds is 4. The van der Waals surface area contributed by atoms with Crippen LogP contribution in [0.5, 0.6) is 0 Å². The van der Waals surface area contributed by atoms with Gasteiger partial charge in [0, 0.05) is 17.9 Å². The lowest BCUT2D eigenvalue weighted by Gasteiger charge is -2.36. The quantitative estimate of drug-likeness (QED) is 0.888. The zero-order chi connectivity index (χ0) is 18.8. The number of amides is 2. The molecule has 0 aromatic heterocycles. The lowest BCUT2D eigenvalue weighted by molar-refractivity contribution is -0.125. The van der Waals surface area contributed by atoms with Crippen LogP contribution in [0.25, 0.3) is 0 Å². The normalized spacial score (nSPS) is 20.8.